The normalized spacial score (nSPS) is 17.4. The zero-order valence-corrected chi connectivity index (χ0v) is 25.4. The van der Waals surface area contributed by atoms with Crippen LogP contribution >= 0.6 is 0 Å². The average Bonchev–Trinajstić information content (AvgIpc) is 3.13. The van der Waals surface area contributed by atoms with Gasteiger partial charge in [-0.05, 0) is 66.1 Å². The first kappa shape index (κ1) is 28.1. The lowest BCUT2D eigenvalue weighted by Crippen LogP contribution is -2.37. The van der Waals surface area contributed by atoms with E-state index in [-0.39, 0.29) is 5.82 Å². The molecule has 0 N–H and O–H groups in total. The molecular weight excluding hydrogens is 571 g/mol. The summed E-state index contributed by atoms with van der Waals surface area (Å²) in [5.41, 5.74) is 5.88. The minimum Gasteiger partial charge on any atom is -0.473 e. The summed E-state index contributed by atoms with van der Waals surface area (Å²) in [4.78, 5) is 4.60. The molecule has 0 amide bonds. The van der Waals surface area contributed by atoms with Crippen LogP contribution in [0.5, 0.6) is 5.75 Å². The predicted molar refractivity (Wildman–Crippen MR) is 185 cm³/mol. The fourth-order valence-electron chi connectivity index (χ4n) is 6.74. The fraction of sp³-hybridized carbons (Fsp3) is 0.122. The molecule has 1 saturated heterocycles. The summed E-state index contributed by atoms with van der Waals surface area (Å²) in [7, 11) is 0. The number of fused-ring (bicyclic) bond motifs is 3. The SMILES string of the molecule is Fc1cccc(C2(c3ccc(N(c4ccccc4)c4ccccc4)cc3)C=Cc3c(cc(N4CCOCC4)c4ccccc34)O2)c1. The highest BCUT2D eigenvalue weighted by Crippen LogP contribution is 2.47. The quantitative estimate of drug-likeness (QED) is 0.189. The van der Waals surface area contributed by atoms with Crippen LogP contribution in [0.3, 0.4) is 0 Å². The molecule has 6 aromatic carbocycles. The van der Waals surface area contributed by atoms with Crippen LogP contribution in [0.2, 0.25) is 0 Å². The van der Waals surface area contributed by atoms with Crippen molar-refractivity contribution in [3.8, 4) is 5.75 Å². The molecule has 2 aliphatic rings. The molecule has 0 spiro atoms. The fourth-order valence-corrected chi connectivity index (χ4v) is 6.74. The van der Waals surface area contributed by atoms with E-state index in [0.717, 1.165) is 63.7 Å². The Kier molecular flexibility index (Phi) is 7.24. The Balaban J connectivity index is 1.26. The number of morpholine rings is 1. The number of halogens is 1. The number of benzene rings is 6. The highest BCUT2D eigenvalue weighted by Gasteiger charge is 2.38. The number of para-hydroxylation sites is 2. The molecule has 6 aromatic rings. The van der Waals surface area contributed by atoms with E-state index >= 15 is 0 Å². The van der Waals surface area contributed by atoms with E-state index in [4.69, 9.17) is 9.47 Å². The van der Waals surface area contributed by atoms with Gasteiger partial charge >= 0.3 is 0 Å². The van der Waals surface area contributed by atoms with Gasteiger partial charge in [-0.3, -0.25) is 0 Å². The van der Waals surface area contributed by atoms with Crippen LogP contribution in [-0.2, 0) is 10.3 Å². The van der Waals surface area contributed by atoms with Gasteiger partial charge in [-0.25, -0.2) is 4.39 Å². The molecule has 226 valence electrons. The maximum atomic E-state index is 14.9. The number of hydrogen-bond acceptors (Lipinski definition) is 4. The van der Waals surface area contributed by atoms with Crippen molar-refractivity contribution in [3.05, 3.63) is 168 Å². The van der Waals surface area contributed by atoms with Crippen LogP contribution in [0.15, 0.2) is 146 Å². The third-order valence-electron chi connectivity index (χ3n) is 8.97. The summed E-state index contributed by atoms with van der Waals surface area (Å²) in [6.45, 7) is 3.01. The molecule has 8 rings (SSSR count). The van der Waals surface area contributed by atoms with Gasteiger partial charge in [0, 0.05) is 64.0 Å². The first-order valence-electron chi connectivity index (χ1n) is 15.7. The minimum atomic E-state index is -1.04. The van der Waals surface area contributed by atoms with Crippen molar-refractivity contribution < 1.29 is 13.9 Å². The number of anilines is 4. The van der Waals surface area contributed by atoms with Gasteiger partial charge in [0.15, 0.2) is 5.60 Å². The molecule has 0 aromatic heterocycles. The summed E-state index contributed by atoms with van der Waals surface area (Å²) in [6.07, 6.45) is 4.22. The molecular formula is C41H33FN2O2. The molecule has 1 unspecified atom stereocenters. The van der Waals surface area contributed by atoms with Gasteiger partial charge in [0.25, 0.3) is 0 Å². The van der Waals surface area contributed by atoms with E-state index in [1.165, 1.54) is 11.5 Å². The van der Waals surface area contributed by atoms with Gasteiger partial charge in [-0.1, -0.05) is 84.9 Å². The lowest BCUT2D eigenvalue weighted by atomic mass is 9.83. The third-order valence-corrected chi connectivity index (χ3v) is 8.97. The lowest BCUT2D eigenvalue weighted by molar-refractivity contribution is 0.122. The molecule has 2 aliphatic heterocycles. The first-order valence-corrected chi connectivity index (χ1v) is 15.7. The Labute approximate surface area is 268 Å². The molecule has 0 aliphatic carbocycles. The Morgan fingerprint density at radius 1 is 0.609 bits per heavy atom. The van der Waals surface area contributed by atoms with E-state index in [2.05, 4.69) is 101 Å². The van der Waals surface area contributed by atoms with Crippen molar-refractivity contribution in [2.75, 3.05) is 36.1 Å². The summed E-state index contributed by atoms with van der Waals surface area (Å²) >= 11 is 0. The van der Waals surface area contributed by atoms with E-state index in [9.17, 15) is 4.39 Å². The van der Waals surface area contributed by atoms with Crippen LogP contribution in [-0.4, -0.2) is 26.3 Å². The highest BCUT2D eigenvalue weighted by molar-refractivity contribution is 6.02. The second kappa shape index (κ2) is 11.8. The summed E-state index contributed by atoms with van der Waals surface area (Å²) in [6, 6.07) is 46.5. The van der Waals surface area contributed by atoms with Gasteiger partial charge in [-0.2, -0.15) is 0 Å². The van der Waals surface area contributed by atoms with Crippen molar-refractivity contribution in [3.63, 3.8) is 0 Å². The Hall–Kier alpha value is -5.39. The van der Waals surface area contributed by atoms with E-state index in [1.54, 1.807) is 12.1 Å². The number of nitrogens with zero attached hydrogens (tertiary/aromatic N) is 2. The molecule has 5 heteroatoms. The summed E-state index contributed by atoms with van der Waals surface area (Å²) in [5, 5.41) is 2.31. The standard InChI is InChI=1S/C41H33FN2O2/c42-32-11-9-10-31(28-32)41(30-18-20-35(21-19-30)44(33-12-3-1-4-13-33)34-14-5-2-6-15-34)23-22-38-36-16-7-8-17-37(36)39(29-40(38)46-41)43-24-26-45-27-25-43/h1-23,28-29H,24-27H2. The molecule has 46 heavy (non-hydrogen) atoms. The number of hydrogen-bond donors (Lipinski definition) is 0. The van der Waals surface area contributed by atoms with Crippen LogP contribution in [0, 0.1) is 5.82 Å². The van der Waals surface area contributed by atoms with Gasteiger partial charge in [0.1, 0.15) is 11.6 Å². The predicted octanol–water partition coefficient (Wildman–Crippen LogP) is 9.63. The van der Waals surface area contributed by atoms with Crippen molar-refractivity contribution in [2.45, 2.75) is 5.60 Å². The van der Waals surface area contributed by atoms with Crippen LogP contribution < -0.4 is 14.5 Å². The van der Waals surface area contributed by atoms with Gasteiger partial charge in [-0.15, -0.1) is 0 Å². The Bertz CT molecular complexity index is 1980. The maximum Gasteiger partial charge on any atom is 0.178 e. The van der Waals surface area contributed by atoms with E-state index in [0.29, 0.717) is 13.2 Å². The van der Waals surface area contributed by atoms with E-state index in [1.807, 2.05) is 42.5 Å². The highest BCUT2D eigenvalue weighted by atomic mass is 19.1. The van der Waals surface area contributed by atoms with Crippen molar-refractivity contribution in [1.29, 1.82) is 0 Å². The third kappa shape index (κ3) is 4.99. The van der Waals surface area contributed by atoms with Gasteiger partial charge in [0.05, 0.1) is 13.2 Å². The summed E-state index contributed by atoms with van der Waals surface area (Å²) < 4.78 is 27.7. The average molecular weight is 605 g/mol. The Morgan fingerprint density at radius 2 is 1.24 bits per heavy atom. The number of rotatable bonds is 6. The first-order chi connectivity index (χ1) is 22.7. The smallest absolute Gasteiger partial charge is 0.178 e. The molecule has 1 atom stereocenters. The van der Waals surface area contributed by atoms with Crippen LogP contribution in [0.4, 0.5) is 27.1 Å². The Morgan fingerprint density at radius 3 is 1.91 bits per heavy atom. The molecule has 1 fully saturated rings. The van der Waals surface area contributed by atoms with Crippen molar-refractivity contribution in [1.82, 2.24) is 0 Å². The monoisotopic (exact) mass is 604 g/mol. The van der Waals surface area contributed by atoms with Crippen LogP contribution in [0.1, 0.15) is 16.7 Å². The molecule has 2 heterocycles. The molecule has 0 saturated carbocycles. The second-order valence-electron chi connectivity index (χ2n) is 11.7. The van der Waals surface area contributed by atoms with Crippen LogP contribution in [0.25, 0.3) is 16.8 Å². The summed E-state index contributed by atoms with van der Waals surface area (Å²) in [5.74, 6) is 0.467. The largest absolute Gasteiger partial charge is 0.473 e. The zero-order valence-electron chi connectivity index (χ0n) is 25.4. The van der Waals surface area contributed by atoms with Gasteiger partial charge < -0.3 is 19.3 Å². The molecule has 0 bridgehead atoms. The molecule has 4 nitrogen and oxygen atoms in total. The van der Waals surface area contributed by atoms with E-state index < -0.39 is 5.60 Å². The molecule has 0 radical (unpaired) electrons. The van der Waals surface area contributed by atoms with Crippen molar-refractivity contribution in [2.24, 2.45) is 0 Å². The second-order valence-corrected chi connectivity index (χ2v) is 11.7. The number of ether oxygens (including phenoxy) is 2. The lowest BCUT2D eigenvalue weighted by Gasteiger charge is -2.38. The zero-order chi connectivity index (χ0) is 30.9. The topological polar surface area (TPSA) is 24.9 Å². The maximum absolute atomic E-state index is 14.9. The van der Waals surface area contributed by atoms with Gasteiger partial charge in [0.2, 0.25) is 0 Å². The van der Waals surface area contributed by atoms with Crippen molar-refractivity contribution >= 4 is 39.6 Å². The minimum absolute atomic E-state index is 0.303.